The number of rotatable bonds is 9. The molecular formula is C18H35IN6O2. The van der Waals surface area contributed by atoms with Crippen LogP contribution in [0.25, 0.3) is 0 Å². The van der Waals surface area contributed by atoms with Gasteiger partial charge in [-0.25, -0.2) is 9.78 Å². The number of guanidine groups is 1. The van der Waals surface area contributed by atoms with E-state index in [0.29, 0.717) is 13.1 Å². The molecule has 0 saturated carbocycles. The number of aliphatic imine (C=N–C) groups is 1. The van der Waals surface area contributed by atoms with E-state index in [2.05, 4.69) is 30.5 Å². The zero-order chi connectivity index (χ0) is 19.4. The number of alkyl carbamates (subject to hydrolysis) is 1. The predicted molar refractivity (Wildman–Crippen MR) is 120 cm³/mol. The van der Waals surface area contributed by atoms with Gasteiger partial charge in [-0.1, -0.05) is 0 Å². The van der Waals surface area contributed by atoms with Gasteiger partial charge in [0.1, 0.15) is 11.4 Å². The summed E-state index contributed by atoms with van der Waals surface area (Å²) in [7, 11) is 0. The highest BCUT2D eigenvalue weighted by atomic mass is 127. The van der Waals surface area contributed by atoms with Gasteiger partial charge < -0.3 is 25.3 Å². The molecule has 1 amide bonds. The van der Waals surface area contributed by atoms with Crippen molar-refractivity contribution in [2.75, 3.05) is 26.2 Å². The number of unbranched alkanes of at least 4 members (excludes halogenated alkanes) is 1. The first-order valence-corrected chi connectivity index (χ1v) is 9.28. The average molecular weight is 494 g/mol. The summed E-state index contributed by atoms with van der Waals surface area (Å²) in [4.78, 5) is 20.4. The molecule has 0 unspecified atom stereocenters. The minimum Gasteiger partial charge on any atom is -0.444 e. The lowest BCUT2D eigenvalue weighted by molar-refractivity contribution is 0.0529. The Labute approximate surface area is 180 Å². The van der Waals surface area contributed by atoms with Crippen LogP contribution in [0.4, 0.5) is 4.79 Å². The minimum absolute atomic E-state index is 0. The van der Waals surface area contributed by atoms with Crippen LogP contribution in [-0.2, 0) is 11.3 Å². The Hall–Kier alpha value is -1.52. The normalized spacial score (nSPS) is 11.5. The van der Waals surface area contributed by atoms with Gasteiger partial charge in [-0.05, 0) is 47.5 Å². The molecule has 3 N–H and O–H groups in total. The lowest BCUT2D eigenvalue weighted by Gasteiger charge is -2.19. The molecule has 1 heterocycles. The number of halogens is 1. The van der Waals surface area contributed by atoms with Crippen molar-refractivity contribution in [1.82, 2.24) is 25.5 Å². The molecule has 0 aromatic carbocycles. The number of nitrogens with one attached hydrogen (secondary N) is 3. The fourth-order valence-electron chi connectivity index (χ4n) is 2.23. The molecule has 1 aromatic rings. The molecule has 0 radical (unpaired) electrons. The number of carbonyl (C=O) groups is 1. The Kier molecular flexibility index (Phi) is 12.9. The van der Waals surface area contributed by atoms with Gasteiger partial charge in [0.25, 0.3) is 0 Å². The fourth-order valence-corrected chi connectivity index (χ4v) is 2.23. The molecular weight excluding hydrogens is 459 g/mol. The van der Waals surface area contributed by atoms with Crippen LogP contribution in [0, 0.1) is 6.92 Å². The van der Waals surface area contributed by atoms with Crippen molar-refractivity contribution in [3.8, 4) is 0 Å². The summed E-state index contributed by atoms with van der Waals surface area (Å²) in [6.07, 6.45) is 5.48. The molecule has 9 heteroatoms. The van der Waals surface area contributed by atoms with Crippen LogP contribution < -0.4 is 16.0 Å². The summed E-state index contributed by atoms with van der Waals surface area (Å²) < 4.78 is 7.34. The molecule has 0 atom stereocenters. The highest BCUT2D eigenvalue weighted by Gasteiger charge is 2.15. The number of hydrogen-bond donors (Lipinski definition) is 3. The second kappa shape index (κ2) is 13.6. The fraction of sp³-hybridized carbons (Fsp3) is 0.722. The van der Waals surface area contributed by atoms with E-state index in [9.17, 15) is 4.79 Å². The van der Waals surface area contributed by atoms with Crippen molar-refractivity contribution in [3.63, 3.8) is 0 Å². The average Bonchev–Trinajstić information content (AvgIpc) is 2.94. The molecule has 8 nitrogen and oxygen atoms in total. The second-order valence-corrected chi connectivity index (χ2v) is 6.99. The summed E-state index contributed by atoms with van der Waals surface area (Å²) in [5.74, 6) is 1.80. The molecule has 0 fully saturated rings. The number of ether oxygens (including phenoxy) is 1. The highest BCUT2D eigenvalue weighted by molar-refractivity contribution is 14.0. The van der Waals surface area contributed by atoms with Crippen LogP contribution >= 0.6 is 24.0 Å². The molecule has 0 aliphatic carbocycles. The first kappa shape index (κ1) is 25.5. The number of carbonyl (C=O) groups excluding carboxylic acids is 1. The number of amides is 1. The summed E-state index contributed by atoms with van der Waals surface area (Å²) in [5, 5.41) is 9.13. The number of hydrogen-bond acceptors (Lipinski definition) is 4. The number of aryl methyl sites for hydroxylation is 2. The third kappa shape index (κ3) is 12.5. The summed E-state index contributed by atoms with van der Waals surface area (Å²) in [5.41, 5.74) is -0.483. The molecule has 0 spiro atoms. The topological polar surface area (TPSA) is 92.6 Å². The van der Waals surface area contributed by atoms with Crippen LogP contribution in [0.3, 0.4) is 0 Å². The Morgan fingerprint density at radius 3 is 2.52 bits per heavy atom. The molecule has 0 aliphatic heterocycles. The second-order valence-electron chi connectivity index (χ2n) is 6.99. The van der Waals surface area contributed by atoms with Crippen molar-refractivity contribution < 1.29 is 9.53 Å². The third-order valence-corrected chi connectivity index (χ3v) is 3.43. The number of imidazole rings is 1. The first-order chi connectivity index (χ1) is 12.3. The van der Waals surface area contributed by atoms with Crippen LogP contribution in [0.5, 0.6) is 0 Å². The predicted octanol–water partition coefficient (Wildman–Crippen LogP) is 2.67. The van der Waals surface area contributed by atoms with Gasteiger partial charge in [0.15, 0.2) is 5.96 Å². The monoisotopic (exact) mass is 494 g/mol. The van der Waals surface area contributed by atoms with E-state index >= 15 is 0 Å². The quantitative estimate of drug-likeness (QED) is 0.213. The van der Waals surface area contributed by atoms with Gasteiger partial charge >= 0.3 is 6.09 Å². The number of aromatic nitrogens is 2. The van der Waals surface area contributed by atoms with E-state index in [0.717, 1.165) is 44.3 Å². The van der Waals surface area contributed by atoms with Crippen molar-refractivity contribution in [1.29, 1.82) is 0 Å². The van der Waals surface area contributed by atoms with E-state index in [4.69, 9.17) is 4.74 Å². The Morgan fingerprint density at radius 1 is 1.22 bits per heavy atom. The van der Waals surface area contributed by atoms with Crippen molar-refractivity contribution in [2.24, 2.45) is 4.99 Å². The standard InChI is InChI=1S/C18H34N6O2.HI/c1-6-19-16(22-10-11-23-17(25)26-18(3,4)5)21-9-7-8-13-24-14-12-20-15(24)2;/h12,14H,6-11,13H2,1-5H3,(H,23,25)(H2,19,21,22);1H. The van der Waals surface area contributed by atoms with Crippen LogP contribution in [-0.4, -0.2) is 53.4 Å². The van der Waals surface area contributed by atoms with Crippen LogP contribution in [0.15, 0.2) is 17.4 Å². The van der Waals surface area contributed by atoms with Crippen LogP contribution in [0.1, 0.15) is 46.4 Å². The Balaban J connectivity index is 0.00000676. The van der Waals surface area contributed by atoms with Gasteiger partial charge in [0, 0.05) is 45.1 Å². The molecule has 27 heavy (non-hydrogen) atoms. The maximum Gasteiger partial charge on any atom is 0.407 e. The molecule has 156 valence electrons. The summed E-state index contributed by atoms with van der Waals surface area (Å²) >= 11 is 0. The van der Waals surface area contributed by atoms with E-state index < -0.39 is 11.7 Å². The van der Waals surface area contributed by atoms with E-state index in [1.807, 2.05) is 47.0 Å². The van der Waals surface area contributed by atoms with Crippen LogP contribution in [0.2, 0.25) is 0 Å². The van der Waals surface area contributed by atoms with Gasteiger partial charge in [-0.2, -0.15) is 0 Å². The summed E-state index contributed by atoms with van der Waals surface area (Å²) in [6, 6.07) is 0. The van der Waals surface area contributed by atoms with E-state index in [1.165, 1.54) is 0 Å². The van der Waals surface area contributed by atoms with Gasteiger partial charge in [0.05, 0.1) is 0 Å². The Bertz CT molecular complexity index is 568. The zero-order valence-electron chi connectivity index (χ0n) is 17.2. The maximum atomic E-state index is 11.6. The van der Waals surface area contributed by atoms with Gasteiger partial charge in [-0.15, -0.1) is 24.0 Å². The highest BCUT2D eigenvalue weighted by Crippen LogP contribution is 2.06. The molecule has 0 saturated heterocycles. The van der Waals surface area contributed by atoms with Gasteiger partial charge in [-0.3, -0.25) is 4.99 Å². The van der Waals surface area contributed by atoms with E-state index in [1.54, 1.807) is 0 Å². The van der Waals surface area contributed by atoms with Gasteiger partial charge in [0.2, 0.25) is 0 Å². The smallest absolute Gasteiger partial charge is 0.407 e. The molecule has 1 aromatic heterocycles. The SMILES string of the molecule is CCNC(=NCCCCn1ccnc1C)NCCNC(=O)OC(C)(C)C.I. The molecule has 1 rings (SSSR count). The lowest BCUT2D eigenvalue weighted by atomic mass is 10.2. The largest absolute Gasteiger partial charge is 0.444 e. The van der Waals surface area contributed by atoms with E-state index in [-0.39, 0.29) is 24.0 Å². The molecule has 0 aliphatic rings. The van der Waals surface area contributed by atoms with Crippen molar-refractivity contribution >= 4 is 36.0 Å². The minimum atomic E-state index is -0.483. The lowest BCUT2D eigenvalue weighted by Crippen LogP contribution is -2.42. The summed E-state index contributed by atoms with van der Waals surface area (Å²) in [6.45, 7) is 13.1. The first-order valence-electron chi connectivity index (χ1n) is 9.28. The maximum absolute atomic E-state index is 11.6. The number of nitrogens with zero attached hydrogens (tertiary/aromatic N) is 3. The molecule has 0 bridgehead atoms. The van der Waals surface area contributed by atoms with Crippen molar-refractivity contribution in [2.45, 2.75) is 59.6 Å². The zero-order valence-corrected chi connectivity index (χ0v) is 19.5. The third-order valence-electron chi connectivity index (χ3n) is 3.43. The van der Waals surface area contributed by atoms with Crippen molar-refractivity contribution in [3.05, 3.63) is 18.2 Å². The Morgan fingerprint density at radius 2 is 1.93 bits per heavy atom.